The molecule has 0 aromatic heterocycles. The van der Waals surface area contributed by atoms with Crippen LogP contribution in [0, 0.1) is 5.92 Å². The number of nitrogen functional groups attached to an aromatic ring is 1. The van der Waals surface area contributed by atoms with Gasteiger partial charge in [-0.1, -0.05) is 19.8 Å². The van der Waals surface area contributed by atoms with E-state index in [1.54, 1.807) is 18.2 Å². The van der Waals surface area contributed by atoms with Gasteiger partial charge in [-0.2, -0.15) is 0 Å². The van der Waals surface area contributed by atoms with Gasteiger partial charge < -0.3 is 16.2 Å². The molecule has 5 nitrogen and oxygen atoms in total. The van der Waals surface area contributed by atoms with Crippen molar-refractivity contribution in [2.24, 2.45) is 5.92 Å². The highest BCUT2D eigenvalue weighted by Crippen LogP contribution is 2.33. The highest BCUT2D eigenvalue weighted by Gasteiger charge is 2.43. The van der Waals surface area contributed by atoms with Gasteiger partial charge in [0.05, 0.1) is 5.56 Å². The van der Waals surface area contributed by atoms with E-state index >= 15 is 0 Å². The summed E-state index contributed by atoms with van der Waals surface area (Å²) in [5.41, 5.74) is 5.33. The van der Waals surface area contributed by atoms with Crippen LogP contribution in [0.3, 0.4) is 0 Å². The minimum atomic E-state index is -1.18. The van der Waals surface area contributed by atoms with E-state index in [2.05, 4.69) is 21.2 Å². The first-order valence-corrected chi connectivity index (χ1v) is 7.74. The SMILES string of the molecule is CC1CCCC(NC(=O)c2cc(N)ccc2Br)(C(=O)O)C1. The lowest BCUT2D eigenvalue weighted by molar-refractivity contribution is -0.146. The zero-order chi connectivity index (χ0) is 15.6. The molecule has 0 aliphatic heterocycles. The first kappa shape index (κ1) is 15.8. The van der Waals surface area contributed by atoms with Gasteiger partial charge in [0.1, 0.15) is 5.54 Å². The number of nitrogens with one attached hydrogen (secondary N) is 1. The van der Waals surface area contributed by atoms with E-state index in [1.807, 2.05) is 6.92 Å². The largest absolute Gasteiger partial charge is 0.480 e. The third-order valence-electron chi connectivity index (χ3n) is 3.99. The fourth-order valence-electron chi connectivity index (χ4n) is 2.91. The Labute approximate surface area is 132 Å². The van der Waals surface area contributed by atoms with E-state index in [4.69, 9.17) is 5.73 Å². The van der Waals surface area contributed by atoms with Crippen LogP contribution in [-0.4, -0.2) is 22.5 Å². The molecule has 1 fully saturated rings. The number of carbonyl (C=O) groups excluding carboxylic acids is 1. The molecule has 2 unspecified atom stereocenters. The number of rotatable bonds is 3. The number of anilines is 1. The number of amides is 1. The fraction of sp³-hybridized carbons (Fsp3) is 0.467. The molecule has 1 aromatic carbocycles. The summed E-state index contributed by atoms with van der Waals surface area (Å²) in [6, 6.07) is 4.90. The van der Waals surface area contributed by atoms with Crippen LogP contribution in [0.4, 0.5) is 5.69 Å². The number of hydrogen-bond donors (Lipinski definition) is 3. The van der Waals surface area contributed by atoms with Gasteiger partial charge in [-0.15, -0.1) is 0 Å². The van der Waals surface area contributed by atoms with Gasteiger partial charge >= 0.3 is 5.97 Å². The van der Waals surface area contributed by atoms with Crippen LogP contribution >= 0.6 is 15.9 Å². The van der Waals surface area contributed by atoms with Gasteiger partial charge in [0, 0.05) is 10.2 Å². The first-order valence-electron chi connectivity index (χ1n) is 6.95. The number of carbonyl (C=O) groups is 2. The molecule has 0 spiro atoms. The average Bonchev–Trinajstić information content (AvgIpc) is 2.41. The van der Waals surface area contributed by atoms with Gasteiger partial charge in [-0.25, -0.2) is 4.79 Å². The van der Waals surface area contributed by atoms with E-state index in [-0.39, 0.29) is 5.92 Å². The number of carboxylic acids is 1. The van der Waals surface area contributed by atoms with Crippen LogP contribution < -0.4 is 11.1 Å². The maximum atomic E-state index is 12.4. The molecular weight excluding hydrogens is 336 g/mol. The number of nitrogens with two attached hydrogens (primary N) is 1. The molecule has 1 aliphatic rings. The molecule has 2 rings (SSSR count). The van der Waals surface area contributed by atoms with Gasteiger partial charge in [-0.05, 0) is 52.9 Å². The predicted molar refractivity (Wildman–Crippen MR) is 84.0 cm³/mol. The van der Waals surface area contributed by atoms with Gasteiger partial charge in [0.25, 0.3) is 5.91 Å². The summed E-state index contributed by atoms with van der Waals surface area (Å²) in [5, 5.41) is 12.3. The molecule has 114 valence electrons. The van der Waals surface area contributed by atoms with E-state index < -0.39 is 17.4 Å². The molecule has 0 saturated heterocycles. The van der Waals surface area contributed by atoms with Gasteiger partial charge in [0.15, 0.2) is 0 Å². The molecule has 1 saturated carbocycles. The quantitative estimate of drug-likeness (QED) is 0.727. The Hall–Kier alpha value is -1.56. The van der Waals surface area contributed by atoms with Crippen molar-refractivity contribution in [3.05, 3.63) is 28.2 Å². The smallest absolute Gasteiger partial charge is 0.329 e. The predicted octanol–water partition coefficient (Wildman–Crippen LogP) is 2.79. The Bertz CT molecular complexity index is 576. The minimum Gasteiger partial charge on any atom is -0.480 e. The number of carboxylic acid groups (broad SMARTS) is 1. The maximum Gasteiger partial charge on any atom is 0.329 e. The van der Waals surface area contributed by atoms with Crippen molar-refractivity contribution in [3.8, 4) is 0 Å². The van der Waals surface area contributed by atoms with Crippen LogP contribution in [0.15, 0.2) is 22.7 Å². The Kier molecular flexibility index (Phi) is 4.56. The molecule has 1 aromatic rings. The Balaban J connectivity index is 2.27. The highest BCUT2D eigenvalue weighted by atomic mass is 79.9. The number of benzene rings is 1. The molecule has 4 N–H and O–H groups in total. The molecule has 6 heteroatoms. The summed E-state index contributed by atoms with van der Waals surface area (Å²) >= 11 is 3.30. The maximum absolute atomic E-state index is 12.4. The summed E-state index contributed by atoms with van der Waals surface area (Å²) in [5.74, 6) is -1.10. The van der Waals surface area contributed by atoms with E-state index in [0.717, 1.165) is 12.8 Å². The van der Waals surface area contributed by atoms with Crippen LogP contribution in [0.5, 0.6) is 0 Å². The van der Waals surface area contributed by atoms with Crippen molar-refractivity contribution in [3.63, 3.8) is 0 Å². The topological polar surface area (TPSA) is 92.4 Å². The summed E-state index contributed by atoms with van der Waals surface area (Å²) in [6.45, 7) is 2.01. The molecule has 0 bridgehead atoms. The van der Waals surface area contributed by atoms with Crippen molar-refractivity contribution >= 4 is 33.5 Å². The number of aliphatic carboxylic acids is 1. The summed E-state index contributed by atoms with van der Waals surface area (Å²) in [7, 11) is 0. The highest BCUT2D eigenvalue weighted by molar-refractivity contribution is 9.10. The Morgan fingerprint density at radius 2 is 2.19 bits per heavy atom. The third-order valence-corrected chi connectivity index (χ3v) is 4.69. The van der Waals surface area contributed by atoms with Crippen molar-refractivity contribution in [2.75, 3.05) is 5.73 Å². The second kappa shape index (κ2) is 6.05. The van der Waals surface area contributed by atoms with Crippen molar-refractivity contribution in [2.45, 2.75) is 38.1 Å². The van der Waals surface area contributed by atoms with Crippen molar-refractivity contribution < 1.29 is 14.7 Å². The zero-order valence-electron chi connectivity index (χ0n) is 11.9. The summed E-state index contributed by atoms with van der Waals surface area (Å²) in [6.07, 6.45) is 2.70. The normalized spacial score (nSPS) is 25.3. The van der Waals surface area contributed by atoms with Crippen LogP contribution in [0.2, 0.25) is 0 Å². The third kappa shape index (κ3) is 3.37. The number of halogens is 1. The van der Waals surface area contributed by atoms with E-state index in [1.165, 1.54) is 0 Å². The van der Waals surface area contributed by atoms with Crippen molar-refractivity contribution in [1.82, 2.24) is 5.32 Å². The second-order valence-electron chi connectivity index (χ2n) is 5.78. The monoisotopic (exact) mass is 354 g/mol. The van der Waals surface area contributed by atoms with Gasteiger partial charge in [0.2, 0.25) is 0 Å². The second-order valence-corrected chi connectivity index (χ2v) is 6.64. The van der Waals surface area contributed by atoms with Crippen LogP contribution in [-0.2, 0) is 4.79 Å². The Morgan fingerprint density at radius 1 is 1.48 bits per heavy atom. The lowest BCUT2D eigenvalue weighted by atomic mass is 9.76. The molecule has 21 heavy (non-hydrogen) atoms. The number of hydrogen-bond acceptors (Lipinski definition) is 3. The standard InChI is InChI=1S/C15H19BrN2O3/c1-9-3-2-6-15(8-9,14(20)21)18-13(19)11-7-10(17)4-5-12(11)16/h4-5,7,9H,2-3,6,8,17H2,1H3,(H,18,19)(H,20,21). The first-order chi connectivity index (χ1) is 9.84. The van der Waals surface area contributed by atoms with E-state index in [0.29, 0.717) is 28.6 Å². The fourth-order valence-corrected chi connectivity index (χ4v) is 3.34. The molecule has 2 atom stereocenters. The molecular formula is C15H19BrN2O3. The lowest BCUT2D eigenvalue weighted by Crippen LogP contribution is -2.56. The van der Waals surface area contributed by atoms with Gasteiger partial charge in [-0.3, -0.25) is 4.79 Å². The summed E-state index contributed by atoms with van der Waals surface area (Å²) in [4.78, 5) is 24.1. The molecule has 0 heterocycles. The Morgan fingerprint density at radius 3 is 2.81 bits per heavy atom. The van der Waals surface area contributed by atoms with E-state index in [9.17, 15) is 14.7 Å². The summed E-state index contributed by atoms with van der Waals surface area (Å²) < 4.78 is 0.596. The molecule has 1 aliphatic carbocycles. The molecule has 1 amide bonds. The zero-order valence-corrected chi connectivity index (χ0v) is 13.4. The van der Waals surface area contributed by atoms with Crippen LogP contribution in [0.1, 0.15) is 43.0 Å². The van der Waals surface area contributed by atoms with Crippen molar-refractivity contribution in [1.29, 1.82) is 0 Å². The van der Waals surface area contributed by atoms with Crippen LogP contribution in [0.25, 0.3) is 0 Å². The average molecular weight is 355 g/mol. The molecule has 0 radical (unpaired) electrons. The minimum absolute atomic E-state index is 0.277. The lowest BCUT2D eigenvalue weighted by Gasteiger charge is -2.37.